The van der Waals surface area contributed by atoms with Crippen molar-refractivity contribution in [2.45, 2.75) is 32.9 Å². The Labute approximate surface area is 142 Å². The van der Waals surface area contributed by atoms with E-state index in [2.05, 4.69) is 32.9 Å². The van der Waals surface area contributed by atoms with Crippen LogP contribution < -0.4 is 10.1 Å². The average Bonchev–Trinajstić information content (AvgIpc) is 2.42. The summed E-state index contributed by atoms with van der Waals surface area (Å²) in [6.45, 7) is 5.54. The molecule has 112 valence electrons. The fraction of sp³-hybridized carbons (Fsp3) is 0.333. The molecule has 1 atom stereocenters. The predicted molar refractivity (Wildman–Crippen MR) is 92.8 cm³/mol. The standard InChI is InChI=1S/C15H16ClIN2O2/c1-8(2)19-15(20)9(3)21-14-12(17)7-11(16)10-5-4-6-18-13(10)14/h4-9H,1-3H3,(H,19,20)/t9-/m0/s1. The van der Waals surface area contributed by atoms with Gasteiger partial charge in [-0.3, -0.25) is 9.78 Å². The summed E-state index contributed by atoms with van der Waals surface area (Å²) in [6.07, 6.45) is 1.08. The van der Waals surface area contributed by atoms with Gasteiger partial charge in [0.15, 0.2) is 11.9 Å². The molecule has 0 bridgehead atoms. The van der Waals surface area contributed by atoms with E-state index in [-0.39, 0.29) is 11.9 Å². The minimum absolute atomic E-state index is 0.0720. The van der Waals surface area contributed by atoms with Crippen LogP contribution in [0.3, 0.4) is 0 Å². The molecule has 6 heteroatoms. The van der Waals surface area contributed by atoms with Gasteiger partial charge >= 0.3 is 0 Å². The van der Waals surface area contributed by atoms with Crippen LogP contribution in [-0.2, 0) is 4.79 Å². The van der Waals surface area contributed by atoms with Gasteiger partial charge in [-0.25, -0.2) is 0 Å². The first-order valence-corrected chi connectivity index (χ1v) is 8.05. The lowest BCUT2D eigenvalue weighted by atomic mass is 10.2. The smallest absolute Gasteiger partial charge is 0.260 e. The summed E-state index contributed by atoms with van der Waals surface area (Å²) < 4.78 is 6.66. The molecule has 0 saturated carbocycles. The van der Waals surface area contributed by atoms with Gasteiger partial charge < -0.3 is 10.1 Å². The van der Waals surface area contributed by atoms with Crippen LogP contribution in [0.1, 0.15) is 20.8 Å². The largest absolute Gasteiger partial charge is 0.477 e. The van der Waals surface area contributed by atoms with E-state index >= 15 is 0 Å². The van der Waals surface area contributed by atoms with Crippen molar-refractivity contribution >= 4 is 51.0 Å². The maximum atomic E-state index is 12.0. The molecule has 2 aromatic rings. The van der Waals surface area contributed by atoms with Crippen molar-refractivity contribution in [1.82, 2.24) is 10.3 Å². The molecule has 0 spiro atoms. The Bertz CT molecular complexity index is 676. The van der Waals surface area contributed by atoms with E-state index in [0.717, 1.165) is 8.96 Å². The van der Waals surface area contributed by atoms with Gasteiger partial charge in [0, 0.05) is 17.6 Å². The Hall–Kier alpha value is -1.08. The zero-order valence-corrected chi connectivity index (χ0v) is 14.9. The first-order valence-electron chi connectivity index (χ1n) is 6.60. The molecule has 0 aliphatic rings. The van der Waals surface area contributed by atoms with Crippen molar-refractivity contribution in [2.75, 3.05) is 0 Å². The first-order chi connectivity index (χ1) is 9.90. The second-order valence-electron chi connectivity index (χ2n) is 4.99. The van der Waals surface area contributed by atoms with Crippen LogP contribution in [0.15, 0.2) is 24.4 Å². The highest BCUT2D eigenvalue weighted by atomic mass is 127. The van der Waals surface area contributed by atoms with Gasteiger partial charge in [0.25, 0.3) is 5.91 Å². The molecule has 4 nitrogen and oxygen atoms in total. The van der Waals surface area contributed by atoms with Gasteiger partial charge in [0.05, 0.1) is 8.59 Å². The molecule has 0 unspecified atom stereocenters. The third kappa shape index (κ3) is 3.77. The van der Waals surface area contributed by atoms with Crippen molar-refractivity contribution in [2.24, 2.45) is 0 Å². The Morgan fingerprint density at radius 3 is 2.81 bits per heavy atom. The molecule has 2 rings (SSSR count). The van der Waals surface area contributed by atoms with Crippen molar-refractivity contribution in [3.8, 4) is 5.75 Å². The van der Waals surface area contributed by atoms with E-state index in [9.17, 15) is 4.79 Å². The molecule has 0 aliphatic heterocycles. The van der Waals surface area contributed by atoms with Gasteiger partial charge in [-0.2, -0.15) is 0 Å². The lowest BCUT2D eigenvalue weighted by molar-refractivity contribution is -0.127. The lowest BCUT2D eigenvalue weighted by Crippen LogP contribution is -2.40. The highest BCUT2D eigenvalue weighted by molar-refractivity contribution is 14.1. The summed E-state index contributed by atoms with van der Waals surface area (Å²) in [5.74, 6) is 0.432. The monoisotopic (exact) mass is 418 g/mol. The molecule has 1 amide bonds. The number of pyridine rings is 1. The SMILES string of the molecule is CC(C)NC(=O)[C@H](C)Oc1c(I)cc(Cl)c2cccnc12. The zero-order chi connectivity index (χ0) is 15.6. The van der Waals surface area contributed by atoms with Crippen molar-refractivity contribution in [3.05, 3.63) is 33.0 Å². The first kappa shape index (κ1) is 16.3. The number of hydrogen-bond donors (Lipinski definition) is 1. The second kappa shape index (κ2) is 6.79. The van der Waals surface area contributed by atoms with Crippen LogP contribution in [-0.4, -0.2) is 23.0 Å². The summed E-state index contributed by atoms with van der Waals surface area (Å²) >= 11 is 8.36. The van der Waals surface area contributed by atoms with E-state index in [4.69, 9.17) is 16.3 Å². The number of nitrogens with one attached hydrogen (secondary N) is 1. The minimum Gasteiger partial charge on any atom is -0.477 e. The topological polar surface area (TPSA) is 51.2 Å². The lowest BCUT2D eigenvalue weighted by Gasteiger charge is -2.18. The van der Waals surface area contributed by atoms with Crippen LogP contribution in [0.25, 0.3) is 10.9 Å². The quantitative estimate of drug-likeness (QED) is 0.769. The Kier molecular flexibility index (Phi) is 5.27. The predicted octanol–water partition coefficient (Wildman–Crippen LogP) is 3.78. The Morgan fingerprint density at radius 2 is 2.14 bits per heavy atom. The number of halogens is 2. The number of hydrogen-bond acceptors (Lipinski definition) is 3. The molecule has 1 N–H and O–H groups in total. The summed E-state index contributed by atoms with van der Waals surface area (Å²) in [5, 5.41) is 4.26. The number of amides is 1. The number of carbonyl (C=O) groups excluding carboxylic acids is 1. The normalized spacial score (nSPS) is 12.5. The van der Waals surface area contributed by atoms with Gasteiger partial charge in [-0.05, 0) is 61.6 Å². The molecule has 0 radical (unpaired) electrons. The number of aromatic nitrogens is 1. The molecular formula is C15H16ClIN2O2. The molecule has 1 aromatic carbocycles. The summed E-state index contributed by atoms with van der Waals surface area (Å²) in [7, 11) is 0. The zero-order valence-electron chi connectivity index (χ0n) is 12.0. The maximum Gasteiger partial charge on any atom is 0.260 e. The molecule has 21 heavy (non-hydrogen) atoms. The Balaban J connectivity index is 2.36. The molecule has 1 heterocycles. The van der Waals surface area contributed by atoms with Crippen LogP contribution in [0.5, 0.6) is 5.75 Å². The number of rotatable bonds is 4. The van der Waals surface area contributed by atoms with E-state index in [1.54, 1.807) is 13.1 Å². The highest BCUT2D eigenvalue weighted by Crippen LogP contribution is 2.35. The summed E-state index contributed by atoms with van der Waals surface area (Å²) in [6, 6.07) is 5.59. The maximum absolute atomic E-state index is 12.0. The molecule has 0 aliphatic carbocycles. The van der Waals surface area contributed by atoms with Gasteiger partial charge in [0.2, 0.25) is 0 Å². The van der Waals surface area contributed by atoms with Crippen LogP contribution in [0.2, 0.25) is 5.02 Å². The second-order valence-corrected chi connectivity index (χ2v) is 6.56. The van der Waals surface area contributed by atoms with Crippen molar-refractivity contribution in [3.63, 3.8) is 0 Å². The van der Waals surface area contributed by atoms with Crippen LogP contribution >= 0.6 is 34.2 Å². The highest BCUT2D eigenvalue weighted by Gasteiger charge is 2.19. The van der Waals surface area contributed by atoms with Crippen LogP contribution in [0.4, 0.5) is 0 Å². The average molecular weight is 419 g/mol. The molecule has 0 fully saturated rings. The van der Waals surface area contributed by atoms with Crippen molar-refractivity contribution < 1.29 is 9.53 Å². The van der Waals surface area contributed by atoms with E-state index < -0.39 is 6.10 Å². The fourth-order valence-corrected chi connectivity index (χ4v) is 3.03. The Morgan fingerprint density at radius 1 is 1.43 bits per heavy atom. The summed E-state index contributed by atoms with van der Waals surface area (Å²) in [5.41, 5.74) is 0.665. The molecule has 1 aromatic heterocycles. The van der Waals surface area contributed by atoms with E-state index in [1.807, 2.05) is 32.0 Å². The third-order valence-corrected chi connectivity index (χ3v) is 3.96. The third-order valence-electron chi connectivity index (χ3n) is 2.85. The van der Waals surface area contributed by atoms with Gasteiger partial charge in [0.1, 0.15) is 5.52 Å². The number of fused-ring (bicyclic) bond motifs is 1. The van der Waals surface area contributed by atoms with Gasteiger partial charge in [-0.1, -0.05) is 11.6 Å². The van der Waals surface area contributed by atoms with E-state index in [0.29, 0.717) is 16.3 Å². The fourth-order valence-electron chi connectivity index (χ4n) is 1.89. The van der Waals surface area contributed by atoms with Crippen molar-refractivity contribution in [1.29, 1.82) is 0 Å². The number of carbonyl (C=O) groups is 1. The van der Waals surface area contributed by atoms with Crippen LogP contribution in [0, 0.1) is 3.57 Å². The van der Waals surface area contributed by atoms with E-state index in [1.165, 1.54) is 0 Å². The molecular weight excluding hydrogens is 403 g/mol. The molecule has 0 saturated heterocycles. The number of benzene rings is 1. The summed E-state index contributed by atoms with van der Waals surface area (Å²) in [4.78, 5) is 16.3. The number of ether oxygens (including phenoxy) is 1. The minimum atomic E-state index is -0.604. The number of nitrogens with zero attached hydrogens (tertiary/aromatic N) is 1. The van der Waals surface area contributed by atoms with Gasteiger partial charge in [-0.15, -0.1) is 0 Å².